The fourth-order valence-corrected chi connectivity index (χ4v) is 1.37. The van der Waals surface area contributed by atoms with E-state index in [0.29, 0.717) is 6.04 Å². The van der Waals surface area contributed by atoms with Crippen molar-refractivity contribution < 1.29 is 4.42 Å². The van der Waals surface area contributed by atoms with Crippen molar-refractivity contribution in [1.29, 1.82) is 0 Å². The smallest absolute Gasteiger partial charge is 0.120 e. The van der Waals surface area contributed by atoms with Crippen LogP contribution >= 0.6 is 0 Å². The van der Waals surface area contributed by atoms with Crippen LogP contribution in [0.25, 0.3) is 0 Å². The van der Waals surface area contributed by atoms with Crippen LogP contribution in [0.15, 0.2) is 16.7 Å². The number of furan rings is 1. The maximum absolute atomic E-state index is 5.24. The Morgan fingerprint density at radius 2 is 2.25 bits per heavy atom. The van der Waals surface area contributed by atoms with E-state index in [0.717, 1.165) is 18.7 Å². The van der Waals surface area contributed by atoms with Gasteiger partial charge in [0.15, 0.2) is 0 Å². The molecular formula is C10H17NO. The van der Waals surface area contributed by atoms with Gasteiger partial charge in [-0.3, -0.25) is 0 Å². The normalized spacial score (nSPS) is 20.8. The third-order valence-electron chi connectivity index (χ3n) is 1.97. The summed E-state index contributed by atoms with van der Waals surface area (Å²) in [7, 11) is 0. The van der Waals surface area contributed by atoms with Gasteiger partial charge in [-0.15, -0.1) is 0 Å². The average molecular weight is 167 g/mol. The molecule has 1 atom stereocenters. The van der Waals surface area contributed by atoms with Crippen molar-refractivity contribution in [2.24, 2.45) is 0 Å². The van der Waals surface area contributed by atoms with Crippen molar-refractivity contribution in [1.82, 2.24) is 5.32 Å². The van der Waals surface area contributed by atoms with Crippen LogP contribution in [0.5, 0.6) is 0 Å². The highest BCUT2D eigenvalue weighted by atomic mass is 16.3. The first kappa shape index (κ1) is 9.33. The molecule has 0 fully saturated rings. The predicted octanol–water partition coefficient (Wildman–Crippen LogP) is 2.34. The van der Waals surface area contributed by atoms with Gasteiger partial charge < -0.3 is 9.73 Å². The minimum atomic E-state index is 0.602. The van der Waals surface area contributed by atoms with Gasteiger partial charge in [0.2, 0.25) is 0 Å². The number of fused-ring (bicyclic) bond motifs is 1. The molecule has 0 bridgehead atoms. The summed E-state index contributed by atoms with van der Waals surface area (Å²) in [5, 5.41) is 3.33. The van der Waals surface area contributed by atoms with Crippen LogP contribution in [0.3, 0.4) is 0 Å². The van der Waals surface area contributed by atoms with E-state index in [-0.39, 0.29) is 0 Å². The van der Waals surface area contributed by atoms with Crippen molar-refractivity contribution >= 4 is 0 Å². The summed E-state index contributed by atoms with van der Waals surface area (Å²) in [6, 6.07) is 2.66. The average Bonchev–Trinajstić information content (AvgIpc) is 2.54. The third-order valence-corrected chi connectivity index (χ3v) is 1.97. The molecule has 1 aromatic rings. The Kier molecular flexibility index (Phi) is 3.35. The lowest BCUT2D eigenvalue weighted by Crippen LogP contribution is -2.31. The van der Waals surface area contributed by atoms with E-state index in [9.17, 15) is 0 Å². The molecule has 0 aromatic carbocycles. The quantitative estimate of drug-likeness (QED) is 0.641. The second kappa shape index (κ2) is 4.31. The highest BCUT2D eigenvalue weighted by Crippen LogP contribution is 2.16. The Morgan fingerprint density at radius 1 is 1.50 bits per heavy atom. The molecule has 0 saturated carbocycles. The molecule has 68 valence electrons. The van der Waals surface area contributed by atoms with E-state index >= 15 is 0 Å². The van der Waals surface area contributed by atoms with Gasteiger partial charge in [-0.1, -0.05) is 13.8 Å². The Hall–Kier alpha value is -0.760. The van der Waals surface area contributed by atoms with Crippen LogP contribution in [0, 0.1) is 0 Å². The summed E-state index contributed by atoms with van der Waals surface area (Å²) in [4.78, 5) is 0. The summed E-state index contributed by atoms with van der Waals surface area (Å²) in [6.07, 6.45) is 2.87. The zero-order valence-corrected chi connectivity index (χ0v) is 8.05. The predicted molar refractivity (Wildman–Crippen MR) is 50.1 cm³/mol. The highest BCUT2D eigenvalue weighted by molar-refractivity contribution is 5.20. The topological polar surface area (TPSA) is 25.2 Å². The van der Waals surface area contributed by atoms with Crippen molar-refractivity contribution in [3.05, 3.63) is 23.7 Å². The van der Waals surface area contributed by atoms with E-state index in [4.69, 9.17) is 4.42 Å². The zero-order valence-electron chi connectivity index (χ0n) is 8.05. The maximum atomic E-state index is 5.24. The zero-order chi connectivity index (χ0) is 8.97. The Morgan fingerprint density at radius 3 is 3.00 bits per heavy atom. The second-order valence-corrected chi connectivity index (χ2v) is 2.86. The molecule has 2 rings (SSSR count). The van der Waals surface area contributed by atoms with E-state index < -0.39 is 0 Å². The lowest BCUT2D eigenvalue weighted by atomic mass is 10.0. The summed E-state index contributed by atoms with van der Waals surface area (Å²) in [6.45, 7) is 7.08. The number of hydrogen-bond donors (Lipinski definition) is 1. The summed E-state index contributed by atoms with van der Waals surface area (Å²) < 4.78 is 5.24. The molecule has 2 heterocycles. The third kappa shape index (κ3) is 1.89. The molecule has 0 amide bonds. The molecule has 0 spiro atoms. The Labute approximate surface area is 74.0 Å². The number of rotatable bonds is 0. The molecule has 1 aliphatic rings. The van der Waals surface area contributed by atoms with Crippen molar-refractivity contribution in [2.75, 3.05) is 0 Å². The first-order valence-corrected chi connectivity index (χ1v) is 4.65. The van der Waals surface area contributed by atoms with Gasteiger partial charge in [-0.25, -0.2) is 0 Å². The standard InChI is InChI=1S/C8H11NO.C2H6/c1-6-4-7-2-3-10-8(7)5-9-6;1-2/h2-3,6,9H,4-5H2,1H3;1-2H3. The highest BCUT2D eigenvalue weighted by Gasteiger charge is 2.15. The van der Waals surface area contributed by atoms with Crippen LogP contribution < -0.4 is 5.32 Å². The largest absolute Gasteiger partial charge is 0.468 e. The van der Waals surface area contributed by atoms with Gasteiger partial charge in [0.25, 0.3) is 0 Å². The molecule has 1 unspecified atom stereocenters. The van der Waals surface area contributed by atoms with Crippen molar-refractivity contribution in [3.63, 3.8) is 0 Å². The number of nitrogens with one attached hydrogen (secondary N) is 1. The molecule has 2 heteroatoms. The fraction of sp³-hybridized carbons (Fsp3) is 0.600. The maximum Gasteiger partial charge on any atom is 0.120 e. The second-order valence-electron chi connectivity index (χ2n) is 2.86. The van der Waals surface area contributed by atoms with E-state index in [1.165, 1.54) is 5.56 Å². The van der Waals surface area contributed by atoms with E-state index in [1.807, 2.05) is 13.8 Å². The van der Waals surface area contributed by atoms with Crippen LogP contribution in [0.1, 0.15) is 32.1 Å². The summed E-state index contributed by atoms with van der Waals surface area (Å²) >= 11 is 0. The van der Waals surface area contributed by atoms with Gasteiger partial charge in [-0.05, 0) is 25.0 Å². The van der Waals surface area contributed by atoms with Crippen LogP contribution in [-0.2, 0) is 13.0 Å². The van der Waals surface area contributed by atoms with Gasteiger partial charge >= 0.3 is 0 Å². The summed E-state index contributed by atoms with van der Waals surface area (Å²) in [5.74, 6) is 1.11. The van der Waals surface area contributed by atoms with Gasteiger partial charge in [-0.2, -0.15) is 0 Å². The molecule has 0 saturated heterocycles. The molecule has 1 N–H and O–H groups in total. The molecule has 12 heavy (non-hydrogen) atoms. The Bertz CT molecular complexity index is 229. The first-order valence-electron chi connectivity index (χ1n) is 4.65. The van der Waals surface area contributed by atoms with Gasteiger partial charge in [0.1, 0.15) is 5.76 Å². The Balaban J connectivity index is 0.000000336. The van der Waals surface area contributed by atoms with Crippen molar-refractivity contribution in [3.8, 4) is 0 Å². The number of hydrogen-bond acceptors (Lipinski definition) is 2. The van der Waals surface area contributed by atoms with E-state index in [2.05, 4.69) is 18.3 Å². The van der Waals surface area contributed by atoms with Gasteiger partial charge in [0, 0.05) is 6.04 Å². The van der Waals surface area contributed by atoms with Gasteiger partial charge in [0.05, 0.1) is 12.8 Å². The van der Waals surface area contributed by atoms with Crippen LogP contribution in [0.4, 0.5) is 0 Å². The molecular weight excluding hydrogens is 150 g/mol. The van der Waals surface area contributed by atoms with Crippen LogP contribution in [0.2, 0.25) is 0 Å². The lowest BCUT2D eigenvalue weighted by molar-refractivity contribution is 0.423. The molecule has 0 aliphatic carbocycles. The molecule has 0 radical (unpaired) electrons. The van der Waals surface area contributed by atoms with Crippen molar-refractivity contribution in [2.45, 2.75) is 39.8 Å². The minimum absolute atomic E-state index is 0.602. The SMILES string of the molecule is CC.CC1Cc2ccoc2CN1. The minimum Gasteiger partial charge on any atom is -0.468 e. The monoisotopic (exact) mass is 167 g/mol. The molecule has 1 aliphatic heterocycles. The van der Waals surface area contributed by atoms with E-state index in [1.54, 1.807) is 6.26 Å². The lowest BCUT2D eigenvalue weighted by Gasteiger charge is -2.18. The summed E-state index contributed by atoms with van der Waals surface area (Å²) in [5.41, 5.74) is 1.37. The van der Waals surface area contributed by atoms with Crippen LogP contribution in [-0.4, -0.2) is 6.04 Å². The molecule has 1 aromatic heterocycles. The molecule has 2 nitrogen and oxygen atoms in total. The first-order chi connectivity index (χ1) is 5.86. The fourth-order valence-electron chi connectivity index (χ4n) is 1.37.